The molecule has 0 aliphatic heterocycles. The van der Waals surface area contributed by atoms with Crippen molar-refractivity contribution in [1.82, 2.24) is 0 Å². The smallest absolute Gasteiger partial charge is 0.162 e. The molecule has 2 N–H and O–H groups in total. The number of nitrogen functional groups attached to an aromatic ring is 1. The van der Waals surface area contributed by atoms with Crippen molar-refractivity contribution in [2.75, 3.05) is 18.9 Å². The summed E-state index contributed by atoms with van der Waals surface area (Å²) in [5.41, 5.74) is 6.05. The van der Waals surface area contributed by atoms with E-state index in [2.05, 4.69) is 0 Å². The Bertz CT molecular complexity index is 554. The lowest BCUT2D eigenvalue weighted by atomic mass is 10.3. The Hall–Kier alpha value is -2.01. The monoisotopic (exact) mass is 299 g/mol. The number of hydrogen-bond acceptors (Lipinski definition) is 3. The lowest BCUT2D eigenvalue weighted by Gasteiger charge is -2.09. The molecule has 0 saturated carbocycles. The first kappa shape index (κ1) is 14.4. The lowest BCUT2D eigenvalue weighted by Crippen LogP contribution is -2.09. The van der Waals surface area contributed by atoms with Gasteiger partial charge in [-0.15, -0.1) is 0 Å². The molecule has 2 aromatic carbocycles. The number of ether oxygens (including phenoxy) is 2. The molecule has 0 aromatic heterocycles. The number of hydrogen-bond donors (Lipinski definition) is 1. The summed E-state index contributed by atoms with van der Waals surface area (Å²) >= 11 is 5.78. The van der Waals surface area contributed by atoms with Crippen LogP contribution in [-0.4, -0.2) is 13.2 Å². The average Bonchev–Trinajstić information content (AvgIpc) is 2.42. The summed E-state index contributed by atoms with van der Waals surface area (Å²) < 4.78 is 36.2. The maximum Gasteiger partial charge on any atom is 0.162 e. The molecule has 3 nitrogen and oxygen atoms in total. The molecule has 0 spiro atoms. The van der Waals surface area contributed by atoms with Gasteiger partial charge in [0.1, 0.15) is 24.7 Å². The van der Waals surface area contributed by atoms with E-state index >= 15 is 0 Å². The molecular formula is C14H12ClF2NO2. The highest BCUT2D eigenvalue weighted by Crippen LogP contribution is 2.23. The van der Waals surface area contributed by atoms with Gasteiger partial charge < -0.3 is 15.2 Å². The minimum Gasteiger partial charge on any atom is -0.490 e. The van der Waals surface area contributed by atoms with Crippen LogP contribution in [0.3, 0.4) is 0 Å². The highest BCUT2D eigenvalue weighted by molar-refractivity contribution is 6.33. The fourth-order valence-electron chi connectivity index (χ4n) is 1.50. The summed E-state index contributed by atoms with van der Waals surface area (Å²) in [7, 11) is 0. The van der Waals surface area contributed by atoms with E-state index in [0.29, 0.717) is 16.5 Å². The van der Waals surface area contributed by atoms with Crippen LogP contribution in [0.4, 0.5) is 14.5 Å². The van der Waals surface area contributed by atoms with Crippen LogP contribution < -0.4 is 15.2 Å². The number of benzene rings is 2. The fourth-order valence-corrected chi connectivity index (χ4v) is 1.61. The Morgan fingerprint density at radius 2 is 1.50 bits per heavy atom. The van der Waals surface area contributed by atoms with Crippen molar-refractivity contribution in [1.29, 1.82) is 0 Å². The second-order valence-corrected chi connectivity index (χ2v) is 4.36. The van der Waals surface area contributed by atoms with E-state index in [1.165, 1.54) is 6.07 Å². The highest BCUT2D eigenvalue weighted by Gasteiger charge is 2.03. The third kappa shape index (κ3) is 3.74. The van der Waals surface area contributed by atoms with Gasteiger partial charge in [-0.05, 0) is 24.3 Å². The van der Waals surface area contributed by atoms with Crippen LogP contribution in [0.5, 0.6) is 11.5 Å². The molecule has 6 heteroatoms. The Morgan fingerprint density at radius 3 is 2.10 bits per heavy atom. The molecule has 0 heterocycles. The zero-order chi connectivity index (χ0) is 14.5. The van der Waals surface area contributed by atoms with Gasteiger partial charge in [0.2, 0.25) is 0 Å². The Morgan fingerprint density at radius 1 is 0.900 bits per heavy atom. The topological polar surface area (TPSA) is 44.5 Å². The number of anilines is 1. The van der Waals surface area contributed by atoms with Crippen molar-refractivity contribution in [3.8, 4) is 11.5 Å². The molecule has 20 heavy (non-hydrogen) atoms. The van der Waals surface area contributed by atoms with E-state index in [4.69, 9.17) is 26.8 Å². The predicted octanol–water partition coefficient (Wildman–Crippen LogP) is 3.66. The van der Waals surface area contributed by atoms with Crippen LogP contribution in [0.2, 0.25) is 5.02 Å². The van der Waals surface area contributed by atoms with Crippen molar-refractivity contribution in [2.24, 2.45) is 0 Å². The molecular weight excluding hydrogens is 288 g/mol. The fraction of sp³-hybridized carbons (Fsp3) is 0.143. The Labute approximate surface area is 119 Å². The first-order valence-corrected chi connectivity index (χ1v) is 6.20. The summed E-state index contributed by atoms with van der Waals surface area (Å²) in [6.45, 7) is 0.424. The van der Waals surface area contributed by atoms with Gasteiger partial charge in [-0.1, -0.05) is 11.6 Å². The quantitative estimate of drug-likeness (QED) is 0.677. The molecule has 2 rings (SSSR count). The second kappa shape index (κ2) is 6.43. The minimum absolute atomic E-state index is 0.188. The van der Waals surface area contributed by atoms with Gasteiger partial charge in [-0.25, -0.2) is 8.78 Å². The van der Waals surface area contributed by atoms with Crippen LogP contribution in [0.1, 0.15) is 0 Å². The maximum atomic E-state index is 12.9. The third-order valence-corrected chi connectivity index (χ3v) is 2.82. The van der Waals surface area contributed by atoms with Crippen LogP contribution in [0, 0.1) is 11.6 Å². The van der Waals surface area contributed by atoms with Gasteiger partial charge in [0.05, 0.1) is 10.7 Å². The summed E-state index contributed by atoms with van der Waals surface area (Å²) in [5.74, 6) is -1.07. The summed E-state index contributed by atoms with van der Waals surface area (Å²) in [6.07, 6.45) is 0. The molecule has 0 radical (unpaired) electrons. The van der Waals surface area contributed by atoms with E-state index < -0.39 is 11.6 Å². The lowest BCUT2D eigenvalue weighted by molar-refractivity contribution is 0.216. The predicted molar refractivity (Wildman–Crippen MR) is 73.2 cm³/mol. The average molecular weight is 300 g/mol. The zero-order valence-electron chi connectivity index (χ0n) is 10.4. The molecule has 106 valence electrons. The highest BCUT2D eigenvalue weighted by atomic mass is 35.5. The summed E-state index contributed by atoms with van der Waals surface area (Å²) in [5, 5.41) is 0.454. The minimum atomic E-state index is -0.950. The largest absolute Gasteiger partial charge is 0.490 e. The number of halogens is 3. The van der Waals surface area contributed by atoms with E-state index in [1.807, 2.05) is 0 Å². The van der Waals surface area contributed by atoms with E-state index in [-0.39, 0.29) is 19.0 Å². The van der Waals surface area contributed by atoms with Gasteiger partial charge in [-0.2, -0.15) is 0 Å². The molecule has 0 atom stereocenters. The van der Waals surface area contributed by atoms with E-state index in [0.717, 1.165) is 12.1 Å². The van der Waals surface area contributed by atoms with Crippen molar-refractivity contribution in [3.63, 3.8) is 0 Å². The van der Waals surface area contributed by atoms with Crippen LogP contribution in [-0.2, 0) is 0 Å². The van der Waals surface area contributed by atoms with Crippen LogP contribution in [0.15, 0.2) is 36.4 Å². The van der Waals surface area contributed by atoms with Gasteiger partial charge in [0.25, 0.3) is 0 Å². The van der Waals surface area contributed by atoms with Gasteiger partial charge in [0, 0.05) is 12.1 Å². The van der Waals surface area contributed by atoms with E-state index in [9.17, 15) is 8.78 Å². The number of rotatable bonds is 5. The third-order valence-electron chi connectivity index (χ3n) is 2.48. The SMILES string of the molecule is Nc1cc(OCCOc2ccc(F)c(F)c2)ccc1Cl. The van der Waals surface area contributed by atoms with E-state index in [1.54, 1.807) is 18.2 Å². The Balaban J connectivity index is 1.81. The summed E-state index contributed by atoms with van der Waals surface area (Å²) in [6, 6.07) is 8.23. The first-order chi connectivity index (χ1) is 9.56. The molecule has 0 bridgehead atoms. The maximum absolute atomic E-state index is 12.9. The summed E-state index contributed by atoms with van der Waals surface area (Å²) in [4.78, 5) is 0. The standard InChI is InChI=1S/C14H12ClF2NO2/c15-11-3-1-10(8-14(11)18)20-6-5-19-9-2-4-12(16)13(17)7-9/h1-4,7-8H,5-6,18H2. The van der Waals surface area contributed by atoms with Crippen molar-refractivity contribution >= 4 is 17.3 Å². The molecule has 0 fully saturated rings. The van der Waals surface area contributed by atoms with Crippen LogP contribution >= 0.6 is 11.6 Å². The molecule has 0 aliphatic rings. The molecule has 0 saturated heterocycles. The molecule has 0 aliphatic carbocycles. The molecule has 2 aromatic rings. The van der Waals surface area contributed by atoms with Gasteiger partial charge in [-0.3, -0.25) is 0 Å². The Kier molecular flexibility index (Phi) is 4.63. The van der Waals surface area contributed by atoms with Crippen LogP contribution in [0.25, 0.3) is 0 Å². The molecule has 0 unspecified atom stereocenters. The normalized spacial score (nSPS) is 10.3. The van der Waals surface area contributed by atoms with Gasteiger partial charge >= 0.3 is 0 Å². The second-order valence-electron chi connectivity index (χ2n) is 3.96. The molecule has 0 amide bonds. The first-order valence-electron chi connectivity index (χ1n) is 5.82. The zero-order valence-corrected chi connectivity index (χ0v) is 11.2. The van der Waals surface area contributed by atoms with Crippen molar-refractivity contribution in [3.05, 3.63) is 53.1 Å². The van der Waals surface area contributed by atoms with Crippen molar-refractivity contribution in [2.45, 2.75) is 0 Å². The van der Waals surface area contributed by atoms with Crippen molar-refractivity contribution < 1.29 is 18.3 Å². The van der Waals surface area contributed by atoms with Gasteiger partial charge in [0.15, 0.2) is 11.6 Å². The number of nitrogens with two attached hydrogens (primary N) is 1.